The second-order valence-corrected chi connectivity index (χ2v) is 8.23. The number of hydrazine groups is 1. The van der Waals surface area contributed by atoms with Crippen LogP contribution in [0.25, 0.3) is 0 Å². The number of carbonyl (C=O) groups is 3. The molecule has 1 heterocycles. The minimum atomic E-state index is -0.580. The minimum absolute atomic E-state index is 0.0871. The van der Waals surface area contributed by atoms with E-state index < -0.39 is 18.4 Å². The van der Waals surface area contributed by atoms with Gasteiger partial charge in [-0.25, -0.2) is 0 Å². The first kappa shape index (κ1) is 17.1. The zero-order chi connectivity index (χ0) is 18.1. The number of nitrogens with one attached hydrogen (secondary N) is 2. The fourth-order valence-corrected chi connectivity index (χ4v) is 5.64. The van der Waals surface area contributed by atoms with Crippen LogP contribution in [0, 0.1) is 23.2 Å². The van der Waals surface area contributed by atoms with Gasteiger partial charge in [0.05, 0.1) is 12.7 Å². The number of ether oxygens (including phenoxy) is 1. The summed E-state index contributed by atoms with van der Waals surface area (Å²) in [6, 6.07) is 3.05. The lowest BCUT2D eigenvalue weighted by atomic mass is 9.49. The maximum atomic E-state index is 12.3. The molecule has 1 aromatic heterocycles. The SMILES string of the molecule is O=C(COC(=O)CC12CC3CC(CC(C3)C1)C2)NNC(=O)c1ccco1. The van der Waals surface area contributed by atoms with Crippen molar-refractivity contribution in [2.75, 3.05) is 6.61 Å². The van der Waals surface area contributed by atoms with Crippen LogP contribution >= 0.6 is 0 Å². The zero-order valence-electron chi connectivity index (χ0n) is 14.7. The molecule has 0 unspecified atom stereocenters. The molecule has 0 saturated heterocycles. The van der Waals surface area contributed by atoms with Gasteiger partial charge in [-0.2, -0.15) is 0 Å². The number of esters is 1. The molecule has 4 fully saturated rings. The van der Waals surface area contributed by atoms with Crippen molar-refractivity contribution in [1.82, 2.24) is 10.9 Å². The van der Waals surface area contributed by atoms with E-state index in [9.17, 15) is 14.4 Å². The standard InChI is InChI=1S/C19H24N2O5/c22-16(20-21-18(24)15-2-1-3-25-15)11-26-17(23)10-19-7-12-4-13(8-19)6-14(5-12)9-19/h1-3,12-14H,4-11H2,(H,20,22)(H,21,24). The summed E-state index contributed by atoms with van der Waals surface area (Å²) in [5.74, 6) is 0.938. The third-order valence-electron chi connectivity index (χ3n) is 6.11. The largest absolute Gasteiger partial charge is 0.459 e. The van der Waals surface area contributed by atoms with Gasteiger partial charge in [-0.3, -0.25) is 25.2 Å². The molecule has 2 N–H and O–H groups in total. The van der Waals surface area contributed by atoms with Gasteiger partial charge in [0, 0.05) is 0 Å². The van der Waals surface area contributed by atoms with Crippen LogP contribution in [-0.4, -0.2) is 24.4 Å². The van der Waals surface area contributed by atoms with Crippen LogP contribution in [0.1, 0.15) is 55.5 Å². The summed E-state index contributed by atoms with van der Waals surface area (Å²) in [5.41, 5.74) is 4.51. The van der Waals surface area contributed by atoms with Crippen LogP contribution in [0.5, 0.6) is 0 Å². The number of hydrogen-bond donors (Lipinski definition) is 2. The van der Waals surface area contributed by atoms with Crippen molar-refractivity contribution in [3.05, 3.63) is 24.2 Å². The fraction of sp³-hybridized carbons (Fsp3) is 0.632. The van der Waals surface area contributed by atoms with Crippen molar-refractivity contribution >= 4 is 17.8 Å². The number of hydrogen-bond acceptors (Lipinski definition) is 5. The Bertz CT molecular complexity index is 662. The molecular weight excluding hydrogens is 336 g/mol. The summed E-state index contributed by atoms with van der Waals surface area (Å²) in [6.45, 7) is -0.399. The highest BCUT2D eigenvalue weighted by molar-refractivity contribution is 5.93. The van der Waals surface area contributed by atoms with E-state index in [-0.39, 0.29) is 17.1 Å². The molecule has 140 valence electrons. The molecule has 7 nitrogen and oxygen atoms in total. The van der Waals surface area contributed by atoms with Crippen molar-refractivity contribution in [3.63, 3.8) is 0 Å². The van der Waals surface area contributed by atoms with E-state index >= 15 is 0 Å². The summed E-state index contributed by atoms with van der Waals surface area (Å²) in [5, 5.41) is 0. The molecule has 4 aliphatic rings. The molecule has 4 saturated carbocycles. The van der Waals surface area contributed by atoms with Crippen LogP contribution in [-0.2, 0) is 14.3 Å². The van der Waals surface area contributed by atoms with Crippen molar-refractivity contribution in [2.24, 2.45) is 23.2 Å². The lowest BCUT2D eigenvalue weighted by Gasteiger charge is -2.56. The van der Waals surface area contributed by atoms with E-state index in [1.807, 2.05) is 0 Å². The topological polar surface area (TPSA) is 97.6 Å². The molecule has 0 radical (unpaired) electrons. The maximum absolute atomic E-state index is 12.3. The Hall–Kier alpha value is -2.31. The molecule has 1 aromatic rings. The lowest BCUT2D eigenvalue weighted by molar-refractivity contribution is -0.155. The highest BCUT2D eigenvalue weighted by Gasteiger charge is 2.51. The first-order valence-electron chi connectivity index (χ1n) is 9.30. The Labute approximate surface area is 151 Å². The first-order chi connectivity index (χ1) is 12.5. The number of amides is 2. The van der Waals surface area contributed by atoms with E-state index in [1.165, 1.54) is 31.6 Å². The Kier molecular flexibility index (Phi) is 4.46. The second kappa shape index (κ2) is 6.78. The number of rotatable bonds is 5. The molecular formula is C19H24N2O5. The molecule has 26 heavy (non-hydrogen) atoms. The summed E-state index contributed by atoms with van der Waals surface area (Å²) in [7, 11) is 0. The Morgan fingerprint density at radius 2 is 1.73 bits per heavy atom. The Morgan fingerprint density at radius 1 is 1.08 bits per heavy atom. The van der Waals surface area contributed by atoms with Gasteiger partial charge in [-0.15, -0.1) is 0 Å². The smallest absolute Gasteiger partial charge is 0.306 e. The Balaban J connectivity index is 1.20. The van der Waals surface area contributed by atoms with Gasteiger partial charge in [0.2, 0.25) is 0 Å². The van der Waals surface area contributed by atoms with Crippen molar-refractivity contribution in [3.8, 4) is 0 Å². The Morgan fingerprint density at radius 3 is 2.31 bits per heavy atom. The van der Waals surface area contributed by atoms with Crippen LogP contribution in [0.4, 0.5) is 0 Å². The van der Waals surface area contributed by atoms with Gasteiger partial charge in [-0.1, -0.05) is 0 Å². The average Bonchev–Trinajstić information content (AvgIpc) is 3.11. The van der Waals surface area contributed by atoms with Crippen LogP contribution in [0.15, 0.2) is 22.8 Å². The first-order valence-corrected chi connectivity index (χ1v) is 9.30. The molecule has 7 heteroatoms. The summed E-state index contributed by atoms with van der Waals surface area (Å²) < 4.78 is 10.1. The fourth-order valence-electron chi connectivity index (χ4n) is 5.64. The van der Waals surface area contributed by atoms with Gasteiger partial charge >= 0.3 is 11.9 Å². The molecule has 0 atom stereocenters. The van der Waals surface area contributed by atoms with Crippen LogP contribution in [0.3, 0.4) is 0 Å². The predicted molar refractivity (Wildman–Crippen MR) is 90.5 cm³/mol. The summed E-state index contributed by atoms with van der Waals surface area (Å²) in [6.07, 6.45) is 9.12. The quantitative estimate of drug-likeness (QED) is 0.620. The van der Waals surface area contributed by atoms with Crippen molar-refractivity contribution in [1.29, 1.82) is 0 Å². The van der Waals surface area contributed by atoms with E-state index in [0.29, 0.717) is 6.42 Å². The highest BCUT2D eigenvalue weighted by atomic mass is 16.5. The summed E-state index contributed by atoms with van der Waals surface area (Å²) >= 11 is 0. The van der Waals surface area contributed by atoms with Crippen molar-refractivity contribution < 1.29 is 23.5 Å². The lowest BCUT2D eigenvalue weighted by Crippen LogP contribution is -2.47. The van der Waals surface area contributed by atoms with E-state index in [1.54, 1.807) is 6.07 Å². The number of carbonyl (C=O) groups excluding carboxylic acids is 3. The molecule has 0 aliphatic heterocycles. The van der Waals surface area contributed by atoms with Crippen LogP contribution < -0.4 is 10.9 Å². The molecule has 0 aromatic carbocycles. The van der Waals surface area contributed by atoms with Gasteiger partial charge in [-0.05, 0) is 73.8 Å². The molecule has 4 aliphatic carbocycles. The molecule has 4 bridgehead atoms. The summed E-state index contributed by atoms with van der Waals surface area (Å²) in [4.78, 5) is 35.6. The van der Waals surface area contributed by atoms with Gasteiger partial charge in [0.25, 0.3) is 5.91 Å². The van der Waals surface area contributed by atoms with Crippen molar-refractivity contribution in [2.45, 2.75) is 44.9 Å². The van der Waals surface area contributed by atoms with E-state index in [0.717, 1.165) is 37.0 Å². The third kappa shape index (κ3) is 3.61. The average molecular weight is 360 g/mol. The predicted octanol–water partition coefficient (Wildman–Crippen LogP) is 2.19. The minimum Gasteiger partial charge on any atom is -0.459 e. The maximum Gasteiger partial charge on any atom is 0.306 e. The van der Waals surface area contributed by atoms with Gasteiger partial charge < -0.3 is 9.15 Å². The van der Waals surface area contributed by atoms with E-state index in [2.05, 4.69) is 10.9 Å². The number of furan rings is 1. The zero-order valence-corrected chi connectivity index (χ0v) is 14.7. The van der Waals surface area contributed by atoms with E-state index in [4.69, 9.17) is 9.15 Å². The molecule has 5 rings (SSSR count). The highest BCUT2D eigenvalue weighted by Crippen LogP contribution is 2.61. The monoisotopic (exact) mass is 360 g/mol. The molecule has 2 amide bonds. The van der Waals surface area contributed by atoms with Gasteiger partial charge in [0.1, 0.15) is 0 Å². The van der Waals surface area contributed by atoms with Crippen LogP contribution in [0.2, 0.25) is 0 Å². The third-order valence-corrected chi connectivity index (χ3v) is 6.11. The van der Waals surface area contributed by atoms with Gasteiger partial charge in [0.15, 0.2) is 12.4 Å². The normalized spacial score (nSPS) is 31.5. The molecule has 0 spiro atoms. The second-order valence-electron chi connectivity index (χ2n) is 8.23.